The van der Waals surface area contributed by atoms with Crippen molar-refractivity contribution >= 4 is 34.2 Å². The molecule has 31 heavy (non-hydrogen) atoms. The van der Waals surface area contributed by atoms with E-state index in [4.69, 9.17) is 25.5 Å². The van der Waals surface area contributed by atoms with E-state index in [1.165, 1.54) is 22.2 Å². The van der Waals surface area contributed by atoms with Crippen LogP contribution in [0.15, 0.2) is 51.8 Å². The maximum absolute atomic E-state index is 12.2. The molecule has 0 atom stereocenters. The second-order valence-corrected chi connectivity index (χ2v) is 7.92. The largest absolute Gasteiger partial charge is 0.482 e. The lowest BCUT2D eigenvalue weighted by molar-refractivity contribution is -0.147. The van der Waals surface area contributed by atoms with E-state index < -0.39 is 5.97 Å². The van der Waals surface area contributed by atoms with Crippen LogP contribution < -0.4 is 10.3 Å². The number of halogens is 1. The molecule has 0 spiro atoms. The van der Waals surface area contributed by atoms with Crippen molar-refractivity contribution in [2.75, 3.05) is 6.61 Å². The topological polar surface area (TPSA) is 83.0 Å². The molecule has 1 aliphatic carbocycles. The molecule has 158 valence electrons. The van der Waals surface area contributed by atoms with Gasteiger partial charge in [-0.15, -0.1) is 0 Å². The van der Waals surface area contributed by atoms with Crippen molar-refractivity contribution < 1.29 is 18.7 Å². The standard InChI is InChI=1S/C23H19ClN2O5/c24-14-5-8-21-25-15(9-22(27)26(21)11-14)12-30-23(28)13-29-16-6-7-20-18(10-16)17-3-1-2-4-19(17)31-20/h5-11H,1-4,12-13H2. The Morgan fingerprint density at radius 1 is 1.16 bits per heavy atom. The number of aryl methyl sites for hydroxylation is 2. The minimum absolute atomic E-state index is 0.120. The summed E-state index contributed by atoms with van der Waals surface area (Å²) < 4.78 is 18.1. The molecule has 0 saturated heterocycles. The van der Waals surface area contributed by atoms with Crippen LogP contribution in [0.25, 0.3) is 16.6 Å². The van der Waals surface area contributed by atoms with Crippen LogP contribution >= 0.6 is 11.6 Å². The smallest absolute Gasteiger partial charge is 0.344 e. The molecule has 0 saturated carbocycles. The first-order valence-corrected chi connectivity index (χ1v) is 10.5. The number of furan rings is 1. The van der Waals surface area contributed by atoms with Crippen LogP contribution in [0.5, 0.6) is 5.75 Å². The van der Waals surface area contributed by atoms with Crippen molar-refractivity contribution in [3.8, 4) is 5.75 Å². The summed E-state index contributed by atoms with van der Waals surface area (Å²) in [5.41, 5.74) is 2.57. The van der Waals surface area contributed by atoms with Gasteiger partial charge in [-0.05, 0) is 49.6 Å². The lowest BCUT2D eigenvalue weighted by Gasteiger charge is -2.09. The number of rotatable bonds is 5. The summed E-state index contributed by atoms with van der Waals surface area (Å²) in [6.07, 6.45) is 5.75. The number of nitrogens with zero attached hydrogens (tertiary/aromatic N) is 2. The third-order valence-corrected chi connectivity index (χ3v) is 5.56. The van der Waals surface area contributed by atoms with Gasteiger partial charge in [0.05, 0.1) is 10.7 Å². The van der Waals surface area contributed by atoms with E-state index in [2.05, 4.69) is 4.98 Å². The van der Waals surface area contributed by atoms with Gasteiger partial charge >= 0.3 is 5.97 Å². The van der Waals surface area contributed by atoms with Gasteiger partial charge in [0.25, 0.3) is 5.56 Å². The van der Waals surface area contributed by atoms with Gasteiger partial charge in [-0.25, -0.2) is 9.78 Å². The summed E-state index contributed by atoms with van der Waals surface area (Å²) >= 11 is 5.90. The van der Waals surface area contributed by atoms with Crippen molar-refractivity contribution in [1.29, 1.82) is 0 Å². The van der Waals surface area contributed by atoms with E-state index in [0.29, 0.717) is 22.1 Å². The zero-order chi connectivity index (χ0) is 21.4. The Bertz CT molecular complexity index is 1360. The minimum Gasteiger partial charge on any atom is -0.482 e. The Morgan fingerprint density at radius 2 is 2.03 bits per heavy atom. The third-order valence-electron chi connectivity index (χ3n) is 5.34. The lowest BCUT2D eigenvalue weighted by Crippen LogP contribution is -2.18. The van der Waals surface area contributed by atoms with Crippen molar-refractivity contribution in [3.05, 3.63) is 75.0 Å². The average molecular weight is 439 g/mol. The summed E-state index contributed by atoms with van der Waals surface area (Å²) in [4.78, 5) is 28.6. The summed E-state index contributed by atoms with van der Waals surface area (Å²) in [7, 11) is 0. The van der Waals surface area contributed by atoms with Crippen molar-refractivity contribution in [2.45, 2.75) is 32.3 Å². The van der Waals surface area contributed by atoms with Gasteiger partial charge in [-0.1, -0.05) is 11.6 Å². The first-order valence-electron chi connectivity index (χ1n) is 10.1. The number of carbonyl (C=O) groups is 1. The molecule has 1 aromatic carbocycles. The number of esters is 1. The normalized spacial score (nSPS) is 13.3. The Balaban J connectivity index is 1.23. The number of carbonyl (C=O) groups excluding carboxylic acids is 1. The van der Waals surface area contributed by atoms with E-state index in [1.807, 2.05) is 12.1 Å². The number of ether oxygens (including phenoxy) is 2. The van der Waals surface area contributed by atoms with Gasteiger partial charge in [-0.3, -0.25) is 9.20 Å². The van der Waals surface area contributed by atoms with Crippen LogP contribution in [0, 0.1) is 0 Å². The molecule has 3 aromatic heterocycles. The molecule has 4 aromatic rings. The third kappa shape index (κ3) is 4.01. The van der Waals surface area contributed by atoms with Crippen LogP contribution in [0.3, 0.4) is 0 Å². The van der Waals surface area contributed by atoms with Crippen molar-refractivity contribution in [1.82, 2.24) is 9.38 Å². The van der Waals surface area contributed by atoms with Crippen molar-refractivity contribution in [2.24, 2.45) is 0 Å². The van der Waals surface area contributed by atoms with Gasteiger partial charge in [0.2, 0.25) is 0 Å². The fourth-order valence-corrected chi connectivity index (χ4v) is 4.03. The lowest BCUT2D eigenvalue weighted by atomic mass is 9.96. The van der Waals surface area contributed by atoms with E-state index in [9.17, 15) is 9.59 Å². The predicted molar refractivity (Wildman–Crippen MR) is 115 cm³/mol. The van der Waals surface area contributed by atoms with Gasteiger partial charge in [0, 0.05) is 29.6 Å². The molecule has 0 unspecified atom stereocenters. The van der Waals surface area contributed by atoms with E-state index >= 15 is 0 Å². The van der Waals surface area contributed by atoms with Crippen LogP contribution in [0.4, 0.5) is 0 Å². The van der Waals surface area contributed by atoms with E-state index in [0.717, 1.165) is 42.4 Å². The second-order valence-electron chi connectivity index (χ2n) is 7.48. The molecular weight excluding hydrogens is 420 g/mol. The molecule has 3 heterocycles. The zero-order valence-electron chi connectivity index (χ0n) is 16.6. The highest BCUT2D eigenvalue weighted by Gasteiger charge is 2.18. The molecule has 0 radical (unpaired) electrons. The Labute approximate surface area is 182 Å². The van der Waals surface area contributed by atoms with Gasteiger partial charge in [-0.2, -0.15) is 0 Å². The van der Waals surface area contributed by atoms with Gasteiger partial charge in [0.15, 0.2) is 6.61 Å². The van der Waals surface area contributed by atoms with Crippen LogP contribution in [0.2, 0.25) is 5.02 Å². The van der Waals surface area contributed by atoms with Crippen LogP contribution in [-0.2, 0) is 29.0 Å². The molecule has 0 bridgehead atoms. The highest BCUT2D eigenvalue weighted by Crippen LogP contribution is 2.33. The van der Waals surface area contributed by atoms with E-state index in [1.54, 1.807) is 18.2 Å². The molecular formula is C23H19ClN2O5. The monoisotopic (exact) mass is 438 g/mol. The molecule has 0 fully saturated rings. The average Bonchev–Trinajstić information content (AvgIpc) is 3.15. The summed E-state index contributed by atoms with van der Waals surface area (Å²) in [6, 6.07) is 10.1. The molecule has 0 aliphatic heterocycles. The van der Waals surface area contributed by atoms with Gasteiger partial charge < -0.3 is 13.9 Å². The Hall–Kier alpha value is -3.32. The molecule has 0 amide bonds. The van der Waals surface area contributed by atoms with Crippen molar-refractivity contribution in [3.63, 3.8) is 0 Å². The molecule has 0 N–H and O–H groups in total. The van der Waals surface area contributed by atoms with Crippen LogP contribution in [0.1, 0.15) is 29.9 Å². The van der Waals surface area contributed by atoms with Crippen LogP contribution in [-0.4, -0.2) is 22.0 Å². The number of hydrogen-bond acceptors (Lipinski definition) is 6. The summed E-state index contributed by atoms with van der Waals surface area (Å²) in [6.45, 7) is -0.363. The maximum Gasteiger partial charge on any atom is 0.344 e. The predicted octanol–water partition coefficient (Wildman–Crippen LogP) is 4.10. The SMILES string of the molecule is O=C(COc1ccc2oc3c(c2c1)CCCC3)OCc1cc(=O)n2cc(Cl)ccc2n1. The molecule has 5 rings (SSSR count). The molecule has 7 nitrogen and oxygen atoms in total. The first-order chi connectivity index (χ1) is 15.1. The zero-order valence-corrected chi connectivity index (χ0v) is 17.4. The quantitative estimate of drug-likeness (QED) is 0.436. The summed E-state index contributed by atoms with van der Waals surface area (Å²) in [5.74, 6) is 1.09. The number of hydrogen-bond donors (Lipinski definition) is 0. The first kappa shape index (κ1) is 19.6. The fourth-order valence-electron chi connectivity index (χ4n) is 3.87. The van der Waals surface area contributed by atoms with E-state index in [-0.39, 0.29) is 18.8 Å². The Morgan fingerprint density at radius 3 is 2.94 bits per heavy atom. The maximum atomic E-state index is 12.2. The highest BCUT2D eigenvalue weighted by molar-refractivity contribution is 6.30. The molecule has 1 aliphatic rings. The molecule has 8 heteroatoms. The number of pyridine rings is 1. The second kappa shape index (κ2) is 8.07. The number of fused-ring (bicyclic) bond motifs is 4. The Kier molecular flexibility index (Phi) is 5.11. The fraction of sp³-hybridized carbons (Fsp3) is 0.261. The number of aromatic nitrogens is 2. The number of benzene rings is 1. The summed E-state index contributed by atoms with van der Waals surface area (Å²) in [5, 5.41) is 1.48. The highest BCUT2D eigenvalue weighted by atomic mass is 35.5. The van der Waals surface area contributed by atoms with Gasteiger partial charge in [0.1, 0.15) is 29.3 Å². The minimum atomic E-state index is -0.549.